The van der Waals surface area contributed by atoms with Crippen molar-refractivity contribution in [2.45, 2.75) is 33.2 Å². The van der Waals surface area contributed by atoms with Crippen LogP contribution in [0.3, 0.4) is 0 Å². The Morgan fingerprint density at radius 1 is 1.24 bits per heavy atom. The Kier molecular flexibility index (Phi) is 8.53. The topological polar surface area (TPSA) is 111 Å². The van der Waals surface area contributed by atoms with Gasteiger partial charge < -0.3 is 14.8 Å². The molecule has 0 bridgehead atoms. The van der Waals surface area contributed by atoms with Crippen LogP contribution in [0.5, 0.6) is 0 Å². The van der Waals surface area contributed by atoms with Crippen molar-refractivity contribution in [1.82, 2.24) is 10.2 Å². The second-order valence-electron chi connectivity index (χ2n) is 7.39. The highest BCUT2D eigenvalue weighted by atomic mass is 16.6. The molecule has 1 heterocycles. The van der Waals surface area contributed by atoms with Gasteiger partial charge in [0.25, 0.3) is 11.6 Å². The van der Waals surface area contributed by atoms with E-state index in [1.807, 2.05) is 0 Å². The van der Waals surface area contributed by atoms with Gasteiger partial charge in [0.05, 0.1) is 30.3 Å². The van der Waals surface area contributed by atoms with Crippen LogP contribution in [0.1, 0.15) is 47.9 Å². The first-order chi connectivity index (χ1) is 13.8. The minimum Gasteiger partial charge on any atom is -0.462 e. The van der Waals surface area contributed by atoms with Gasteiger partial charge in [-0.05, 0) is 25.3 Å². The average Bonchev–Trinajstić information content (AvgIpc) is 2.71. The number of carbonyl (C=O) groups excluding carboxylic acids is 2. The number of hydrogen-bond donors (Lipinski definition) is 1. The Morgan fingerprint density at radius 3 is 2.48 bits per heavy atom. The zero-order valence-corrected chi connectivity index (χ0v) is 17.2. The summed E-state index contributed by atoms with van der Waals surface area (Å²) in [4.78, 5) is 37.6. The molecule has 1 atom stereocenters. The van der Waals surface area contributed by atoms with Gasteiger partial charge in [-0.2, -0.15) is 0 Å². The molecule has 1 saturated heterocycles. The first kappa shape index (κ1) is 22.8. The molecule has 1 aromatic carbocycles. The lowest BCUT2D eigenvalue weighted by atomic mass is 10.0. The first-order valence-electron chi connectivity index (χ1n) is 9.88. The molecule has 9 nitrogen and oxygen atoms in total. The number of carbonyl (C=O) groups is 2. The number of nitro benzene ring substituents is 1. The summed E-state index contributed by atoms with van der Waals surface area (Å²) < 4.78 is 10.3. The van der Waals surface area contributed by atoms with Crippen LogP contribution < -0.4 is 5.32 Å². The van der Waals surface area contributed by atoms with E-state index in [9.17, 15) is 19.7 Å². The summed E-state index contributed by atoms with van der Waals surface area (Å²) in [5.41, 5.74) is -0.279. The zero-order chi connectivity index (χ0) is 21.4. The molecule has 1 unspecified atom stereocenters. The number of rotatable bonds is 9. The van der Waals surface area contributed by atoms with Crippen LogP contribution in [-0.4, -0.2) is 67.2 Å². The third-order valence-corrected chi connectivity index (χ3v) is 4.71. The maximum absolute atomic E-state index is 12.7. The summed E-state index contributed by atoms with van der Waals surface area (Å²) in [5, 5.41) is 14.1. The van der Waals surface area contributed by atoms with Crippen LogP contribution in [0.2, 0.25) is 0 Å². The highest BCUT2D eigenvalue weighted by Gasteiger charge is 2.24. The fraction of sp³-hybridized carbons (Fsp3) is 0.600. The molecule has 1 fully saturated rings. The van der Waals surface area contributed by atoms with E-state index in [1.165, 1.54) is 12.1 Å². The molecule has 0 aliphatic carbocycles. The molecule has 1 aromatic rings. The number of non-ortho nitro benzene ring substituents is 1. The van der Waals surface area contributed by atoms with Crippen LogP contribution in [0, 0.1) is 16.0 Å². The lowest BCUT2D eigenvalue weighted by molar-refractivity contribution is -0.384. The largest absolute Gasteiger partial charge is 0.462 e. The van der Waals surface area contributed by atoms with Crippen LogP contribution in [0.15, 0.2) is 18.2 Å². The predicted molar refractivity (Wildman–Crippen MR) is 107 cm³/mol. The van der Waals surface area contributed by atoms with E-state index in [0.717, 1.165) is 25.6 Å². The Morgan fingerprint density at radius 2 is 1.90 bits per heavy atom. The van der Waals surface area contributed by atoms with Gasteiger partial charge in [-0.25, -0.2) is 4.79 Å². The maximum atomic E-state index is 12.7. The Labute approximate surface area is 170 Å². The van der Waals surface area contributed by atoms with Crippen molar-refractivity contribution in [2.24, 2.45) is 5.92 Å². The molecule has 0 radical (unpaired) electrons. The zero-order valence-electron chi connectivity index (χ0n) is 17.2. The fourth-order valence-corrected chi connectivity index (χ4v) is 3.34. The normalized spacial score (nSPS) is 15.7. The smallest absolute Gasteiger partial charge is 0.338 e. The van der Waals surface area contributed by atoms with Crippen molar-refractivity contribution in [3.8, 4) is 0 Å². The van der Waals surface area contributed by atoms with E-state index in [0.29, 0.717) is 25.7 Å². The molecule has 0 saturated carbocycles. The molecule has 1 aliphatic heterocycles. The molecule has 9 heteroatoms. The number of ether oxygens (including phenoxy) is 2. The van der Waals surface area contributed by atoms with Gasteiger partial charge in [0.1, 0.15) is 0 Å². The lowest BCUT2D eigenvalue weighted by Crippen LogP contribution is -2.49. The van der Waals surface area contributed by atoms with Gasteiger partial charge in [-0.3, -0.25) is 19.8 Å². The van der Waals surface area contributed by atoms with Gasteiger partial charge in [-0.1, -0.05) is 13.8 Å². The monoisotopic (exact) mass is 407 g/mol. The van der Waals surface area contributed by atoms with Gasteiger partial charge >= 0.3 is 5.97 Å². The number of morpholine rings is 1. The van der Waals surface area contributed by atoms with Crippen LogP contribution >= 0.6 is 0 Å². The van der Waals surface area contributed by atoms with E-state index < -0.39 is 16.8 Å². The van der Waals surface area contributed by atoms with Gasteiger partial charge in [-0.15, -0.1) is 0 Å². The molecule has 0 aromatic heterocycles. The van der Waals surface area contributed by atoms with Crippen LogP contribution in [-0.2, 0) is 9.47 Å². The predicted octanol–water partition coefficient (Wildman–Crippen LogP) is 2.25. The third-order valence-electron chi connectivity index (χ3n) is 4.71. The summed E-state index contributed by atoms with van der Waals surface area (Å²) in [6.07, 6.45) is 0.906. The first-order valence-corrected chi connectivity index (χ1v) is 9.88. The van der Waals surface area contributed by atoms with E-state index in [1.54, 1.807) is 6.92 Å². The third kappa shape index (κ3) is 6.79. The van der Waals surface area contributed by atoms with Crippen LogP contribution in [0.25, 0.3) is 0 Å². The Balaban J connectivity index is 2.14. The highest BCUT2D eigenvalue weighted by molar-refractivity contribution is 5.99. The fourth-order valence-electron chi connectivity index (χ4n) is 3.34. The number of esters is 1. The lowest BCUT2D eigenvalue weighted by Gasteiger charge is -2.35. The SMILES string of the molecule is CCOC(=O)c1cc(C(=O)NCC(CC(C)C)N2CCOCC2)cc([N+](=O)[O-])c1. The Bertz CT molecular complexity index is 731. The second-order valence-corrected chi connectivity index (χ2v) is 7.39. The number of nitro groups is 1. The minimum atomic E-state index is -0.698. The van der Waals surface area contributed by atoms with Crippen molar-refractivity contribution in [2.75, 3.05) is 39.5 Å². The van der Waals surface area contributed by atoms with Crippen molar-refractivity contribution in [1.29, 1.82) is 0 Å². The summed E-state index contributed by atoms with van der Waals surface area (Å²) >= 11 is 0. The maximum Gasteiger partial charge on any atom is 0.338 e. The minimum absolute atomic E-state index is 0.0156. The molecule has 0 spiro atoms. The van der Waals surface area contributed by atoms with E-state index in [2.05, 4.69) is 24.1 Å². The van der Waals surface area contributed by atoms with Crippen LogP contribution in [0.4, 0.5) is 5.69 Å². The quantitative estimate of drug-likeness (QED) is 0.380. The molecular formula is C20H29N3O6. The van der Waals surface area contributed by atoms with Gasteiger partial charge in [0.2, 0.25) is 0 Å². The summed E-state index contributed by atoms with van der Waals surface area (Å²) in [6.45, 7) is 9.38. The summed E-state index contributed by atoms with van der Waals surface area (Å²) in [5.74, 6) is -0.703. The number of nitrogens with zero attached hydrogens (tertiary/aromatic N) is 2. The molecule has 1 N–H and O–H groups in total. The molecule has 2 rings (SSSR count). The number of amides is 1. The molecule has 160 valence electrons. The van der Waals surface area contributed by atoms with E-state index >= 15 is 0 Å². The van der Waals surface area contributed by atoms with Crippen molar-refractivity contribution in [3.05, 3.63) is 39.4 Å². The number of nitrogens with one attached hydrogen (secondary N) is 1. The summed E-state index contributed by atoms with van der Waals surface area (Å²) in [6, 6.07) is 3.76. The molecule has 1 aliphatic rings. The average molecular weight is 407 g/mol. The second kappa shape index (κ2) is 10.9. The molecular weight excluding hydrogens is 378 g/mol. The highest BCUT2D eigenvalue weighted by Crippen LogP contribution is 2.19. The van der Waals surface area contributed by atoms with Crippen molar-refractivity contribution in [3.63, 3.8) is 0 Å². The van der Waals surface area contributed by atoms with Gasteiger partial charge in [0, 0.05) is 43.4 Å². The standard InChI is InChI=1S/C20H29N3O6/c1-4-29-20(25)16-10-15(11-17(12-16)23(26)27)19(24)21-13-18(9-14(2)3)22-5-7-28-8-6-22/h10-12,14,18H,4-9,13H2,1-3H3,(H,21,24). The molecule has 29 heavy (non-hydrogen) atoms. The number of hydrogen-bond acceptors (Lipinski definition) is 7. The number of benzene rings is 1. The van der Waals surface area contributed by atoms with E-state index in [4.69, 9.17) is 9.47 Å². The van der Waals surface area contributed by atoms with Crippen molar-refractivity contribution >= 4 is 17.6 Å². The van der Waals surface area contributed by atoms with Gasteiger partial charge in [0.15, 0.2) is 0 Å². The van der Waals surface area contributed by atoms with Crippen molar-refractivity contribution < 1.29 is 24.0 Å². The molecule has 1 amide bonds. The van der Waals surface area contributed by atoms with E-state index in [-0.39, 0.29) is 29.5 Å². The summed E-state index contributed by atoms with van der Waals surface area (Å²) in [7, 11) is 0. The Hall–Kier alpha value is -2.52.